The molecule has 0 bridgehead atoms. The van der Waals surface area contributed by atoms with Crippen LogP contribution in [-0.4, -0.2) is 33.7 Å². The highest BCUT2D eigenvalue weighted by molar-refractivity contribution is 7.92. The number of nitrogens with one attached hydrogen (secondary N) is 1. The summed E-state index contributed by atoms with van der Waals surface area (Å²) in [5.41, 5.74) is 3.62. The number of carbonyl (C=O) groups excluding carboxylic acids is 1. The number of aryl methyl sites for hydroxylation is 1. The molecule has 1 N–H and O–H groups in total. The summed E-state index contributed by atoms with van der Waals surface area (Å²) in [6, 6.07) is 24.2. The van der Waals surface area contributed by atoms with Crippen molar-refractivity contribution in [3.8, 4) is 5.75 Å². The molecule has 0 radical (unpaired) electrons. The summed E-state index contributed by atoms with van der Waals surface area (Å²) in [7, 11) is -1.86. The zero-order valence-electron chi connectivity index (χ0n) is 19.4. The third-order valence-corrected chi connectivity index (χ3v) is 6.64. The fourth-order valence-electron chi connectivity index (χ4n) is 3.50. The predicted octanol–water partition coefficient (Wildman–Crippen LogP) is 4.45. The van der Waals surface area contributed by atoms with E-state index >= 15 is 0 Å². The van der Waals surface area contributed by atoms with Gasteiger partial charge in [-0.3, -0.25) is 9.10 Å². The topological polar surface area (TPSA) is 75.7 Å². The molecule has 3 aromatic carbocycles. The highest BCUT2D eigenvalue weighted by Gasteiger charge is 2.24. The summed E-state index contributed by atoms with van der Waals surface area (Å²) >= 11 is 0. The summed E-state index contributed by atoms with van der Waals surface area (Å²) in [6.45, 7) is 3.91. The smallest absolute Gasteiger partial charge is 0.261 e. The molecular formula is C26H30N2O4S. The highest BCUT2D eigenvalue weighted by atomic mass is 32.2. The van der Waals surface area contributed by atoms with E-state index in [1.165, 1.54) is 11.4 Å². The maximum Gasteiger partial charge on any atom is 0.261 e. The summed E-state index contributed by atoms with van der Waals surface area (Å²) in [5.74, 6) is 0.277. The SMILES string of the molecule is CC[C@H](Oc1ccc(N(C)S(C)(=O)=O)cc1)C(=O)N[C@H](c1ccccc1)c1cccc(C)c1. The fraction of sp³-hybridized carbons (Fsp3) is 0.269. The second kappa shape index (κ2) is 10.5. The normalized spacial score (nSPS) is 13.1. The summed E-state index contributed by atoms with van der Waals surface area (Å²) in [4.78, 5) is 13.2. The summed E-state index contributed by atoms with van der Waals surface area (Å²) < 4.78 is 30.6. The number of carbonyl (C=O) groups is 1. The molecule has 33 heavy (non-hydrogen) atoms. The number of anilines is 1. The molecule has 0 aliphatic rings. The van der Waals surface area contributed by atoms with Crippen molar-refractivity contribution in [1.29, 1.82) is 0 Å². The lowest BCUT2D eigenvalue weighted by atomic mass is 9.97. The highest BCUT2D eigenvalue weighted by Crippen LogP contribution is 2.25. The largest absolute Gasteiger partial charge is 0.481 e. The van der Waals surface area contributed by atoms with Crippen molar-refractivity contribution in [2.45, 2.75) is 32.4 Å². The van der Waals surface area contributed by atoms with Crippen LogP contribution in [0.15, 0.2) is 78.9 Å². The van der Waals surface area contributed by atoms with Crippen molar-refractivity contribution in [1.82, 2.24) is 5.32 Å². The number of benzene rings is 3. The number of rotatable bonds is 9. The first-order valence-electron chi connectivity index (χ1n) is 10.8. The van der Waals surface area contributed by atoms with Gasteiger partial charge in [-0.15, -0.1) is 0 Å². The molecule has 0 fully saturated rings. The lowest BCUT2D eigenvalue weighted by Crippen LogP contribution is -2.40. The Morgan fingerprint density at radius 1 is 0.970 bits per heavy atom. The first-order chi connectivity index (χ1) is 15.7. The number of hydrogen-bond donors (Lipinski definition) is 1. The standard InChI is InChI=1S/C26H30N2O4S/c1-5-24(32-23-16-14-22(15-17-23)28(3)33(4,30)31)26(29)27-25(20-11-7-6-8-12-20)21-13-9-10-19(2)18-21/h6-18,24-25H,5H2,1-4H3,(H,27,29)/t24-,25+/m0/s1. The van der Waals surface area contributed by atoms with Crippen molar-refractivity contribution < 1.29 is 17.9 Å². The van der Waals surface area contributed by atoms with Gasteiger partial charge in [0.1, 0.15) is 5.75 Å². The Morgan fingerprint density at radius 3 is 2.18 bits per heavy atom. The Balaban J connectivity index is 1.78. The molecule has 0 aliphatic heterocycles. The van der Waals surface area contributed by atoms with E-state index in [0.717, 1.165) is 22.9 Å². The van der Waals surface area contributed by atoms with Crippen LogP contribution in [0.25, 0.3) is 0 Å². The zero-order valence-corrected chi connectivity index (χ0v) is 20.2. The Labute approximate surface area is 196 Å². The molecule has 6 nitrogen and oxygen atoms in total. The van der Waals surface area contributed by atoms with Crippen molar-refractivity contribution in [2.24, 2.45) is 0 Å². The minimum atomic E-state index is -3.35. The lowest BCUT2D eigenvalue weighted by Gasteiger charge is -2.24. The van der Waals surface area contributed by atoms with E-state index in [4.69, 9.17) is 4.74 Å². The maximum atomic E-state index is 13.2. The van der Waals surface area contributed by atoms with Crippen LogP contribution < -0.4 is 14.4 Å². The van der Waals surface area contributed by atoms with Gasteiger partial charge < -0.3 is 10.1 Å². The Kier molecular flexibility index (Phi) is 7.76. The molecule has 174 valence electrons. The van der Waals surface area contributed by atoms with Gasteiger partial charge in [-0.2, -0.15) is 0 Å². The van der Waals surface area contributed by atoms with Crippen LogP contribution in [0.4, 0.5) is 5.69 Å². The van der Waals surface area contributed by atoms with E-state index in [9.17, 15) is 13.2 Å². The van der Waals surface area contributed by atoms with E-state index < -0.39 is 16.1 Å². The third-order valence-electron chi connectivity index (χ3n) is 5.43. The van der Waals surface area contributed by atoms with Gasteiger partial charge >= 0.3 is 0 Å². The van der Waals surface area contributed by atoms with Gasteiger partial charge in [0.25, 0.3) is 5.91 Å². The number of nitrogens with zero attached hydrogens (tertiary/aromatic N) is 1. The average Bonchev–Trinajstić information content (AvgIpc) is 2.80. The molecule has 3 rings (SSSR count). The number of sulfonamides is 1. The van der Waals surface area contributed by atoms with Crippen LogP contribution in [0.3, 0.4) is 0 Å². The molecule has 0 saturated carbocycles. The molecule has 0 spiro atoms. The van der Waals surface area contributed by atoms with Crippen molar-refractivity contribution in [3.63, 3.8) is 0 Å². The van der Waals surface area contributed by atoms with Crippen LogP contribution in [0.2, 0.25) is 0 Å². The average molecular weight is 467 g/mol. The van der Waals surface area contributed by atoms with Crippen LogP contribution in [-0.2, 0) is 14.8 Å². The molecule has 0 aliphatic carbocycles. The van der Waals surface area contributed by atoms with Crippen LogP contribution in [0.1, 0.15) is 36.1 Å². The van der Waals surface area contributed by atoms with Crippen LogP contribution in [0, 0.1) is 6.92 Å². The molecule has 0 heterocycles. The second-order valence-corrected chi connectivity index (χ2v) is 10.0. The van der Waals surface area contributed by atoms with Crippen molar-refractivity contribution >= 4 is 21.6 Å². The molecular weight excluding hydrogens is 436 g/mol. The number of ether oxygens (including phenoxy) is 1. The van der Waals surface area contributed by atoms with E-state index in [0.29, 0.717) is 17.9 Å². The molecule has 7 heteroatoms. The molecule has 0 saturated heterocycles. The second-order valence-electron chi connectivity index (χ2n) is 8.01. The number of hydrogen-bond acceptors (Lipinski definition) is 4. The lowest BCUT2D eigenvalue weighted by molar-refractivity contribution is -0.128. The number of amides is 1. The Hall–Kier alpha value is -3.32. The zero-order chi connectivity index (χ0) is 24.0. The van der Waals surface area contributed by atoms with Crippen LogP contribution >= 0.6 is 0 Å². The van der Waals surface area contributed by atoms with Gasteiger partial charge in [0.15, 0.2) is 6.10 Å². The first kappa shape index (κ1) is 24.3. The molecule has 3 aromatic rings. The quantitative estimate of drug-likeness (QED) is 0.505. The first-order valence-corrected chi connectivity index (χ1v) is 12.7. The van der Waals surface area contributed by atoms with E-state index in [-0.39, 0.29) is 11.9 Å². The minimum absolute atomic E-state index is 0.217. The predicted molar refractivity (Wildman–Crippen MR) is 132 cm³/mol. The van der Waals surface area contributed by atoms with Gasteiger partial charge in [0.2, 0.25) is 10.0 Å². The van der Waals surface area contributed by atoms with Gasteiger partial charge in [0, 0.05) is 7.05 Å². The van der Waals surface area contributed by atoms with E-state index in [1.54, 1.807) is 24.3 Å². The minimum Gasteiger partial charge on any atom is -0.481 e. The van der Waals surface area contributed by atoms with E-state index in [2.05, 4.69) is 11.4 Å². The molecule has 1 amide bonds. The Bertz CT molecular complexity index is 1180. The molecule has 0 aromatic heterocycles. The summed E-state index contributed by atoms with van der Waals surface area (Å²) in [5, 5.41) is 3.15. The van der Waals surface area contributed by atoms with Crippen molar-refractivity contribution in [2.75, 3.05) is 17.6 Å². The monoisotopic (exact) mass is 466 g/mol. The van der Waals surface area contributed by atoms with Gasteiger partial charge in [-0.25, -0.2) is 8.42 Å². The van der Waals surface area contributed by atoms with Gasteiger partial charge in [-0.1, -0.05) is 67.1 Å². The van der Waals surface area contributed by atoms with E-state index in [1.807, 2.05) is 62.4 Å². The van der Waals surface area contributed by atoms with Crippen molar-refractivity contribution in [3.05, 3.63) is 95.6 Å². The Morgan fingerprint density at radius 2 is 1.61 bits per heavy atom. The summed E-state index contributed by atoms with van der Waals surface area (Å²) in [6.07, 6.45) is 0.929. The molecule has 0 unspecified atom stereocenters. The van der Waals surface area contributed by atoms with Crippen LogP contribution in [0.5, 0.6) is 5.75 Å². The van der Waals surface area contributed by atoms with Gasteiger partial charge in [0.05, 0.1) is 18.0 Å². The fourth-order valence-corrected chi connectivity index (χ4v) is 4.01. The van der Waals surface area contributed by atoms with Gasteiger partial charge in [-0.05, 0) is 48.7 Å². The third kappa shape index (κ3) is 6.35. The molecule has 2 atom stereocenters. The maximum absolute atomic E-state index is 13.2.